The van der Waals surface area contributed by atoms with Gasteiger partial charge in [-0.3, -0.25) is 18.7 Å². The summed E-state index contributed by atoms with van der Waals surface area (Å²) in [5.74, 6) is -0.525. The van der Waals surface area contributed by atoms with E-state index in [9.17, 15) is 14.4 Å². The number of nitrogens with zero attached hydrogens (tertiary/aromatic N) is 4. The zero-order chi connectivity index (χ0) is 19.7. The smallest absolute Gasteiger partial charge is 0.333 e. The Morgan fingerprint density at radius 3 is 2.57 bits per heavy atom. The monoisotopic (exact) mass is 382 g/mol. The Kier molecular flexibility index (Phi) is 4.85. The predicted molar refractivity (Wildman–Crippen MR) is 104 cm³/mol. The summed E-state index contributed by atoms with van der Waals surface area (Å²) in [6.45, 7) is 1.66. The van der Waals surface area contributed by atoms with Crippen molar-refractivity contribution < 1.29 is 9.53 Å². The lowest BCUT2D eigenvalue weighted by molar-refractivity contribution is -0.143. The van der Waals surface area contributed by atoms with E-state index in [0.29, 0.717) is 16.7 Å². The van der Waals surface area contributed by atoms with Gasteiger partial charge in [-0.15, -0.1) is 0 Å². The largest absolute Gasteiger partial charge is 0.465 e. The Morgan fingerprint density at radius 1 is 1.18 bits per heavy atom. The lowest BCUT2D eigenvalue weighted by Gasteiger charge is -2.17. The predicted octanol–water partition coefficient (Wildman–Crippen LogP) is 2.03. The first-order valence-electron chi connectivity index (χ1n) is 9.56. The second-order valence-corrected chi connectivity index (χ2v) is 6.92. The molecule has 8 heteroatoms. The topological polar surface area (TPSA) is 88.1 Å². The van der Waals surface area contributed by atoms with Crippen molar-refractivity contribution in [2.75, 3.05) is 6.61 Å². The summed E-state index contributed by atoms with van der Waals surface area (Å²) in [5, 5.41) is 4.66. The average Bonchev–Trinajstić information content (AvgIpc) is 3.36. The van der Waals surface area contributed by atoms with Crippen LogP contribution in [0.1, 0.15) is 38.6 Å². The van der Waals surface area contributed by atoms with Gasteiger partial charge >= 0.3 is 11.7 Å². The number of fused-ring (bicyclic) bond motifs is 1. The van der Waals surface area contributed by atoms with Crippen LogP contribution >= 0.6 is 0 Å². The third-order valence-corrected chi connectivity index (χ3v) is 5.17. The standard InChI is InChI=1S/C20H22N4O4/c1-2-28-17(25)13-22-18-16(12-21-24(18)15-10-4-3-5-11-15)19(26)23(20(22)27)14-8-6-7-9-14/h3-5,10-12,14H,2,6-9,13H2,1H3. The van der Waals surface area contributed by atoms with Gasteiger partial charge in [0.15, 0.2) is 5.65 Å². The maximum Gasteiger partial charge on any atom is 0.333 e. The third kappa shape index (κ3) is 3.04. The van der Waals surface area contributed by atoms with Gasteiger partial charge in [-0.1, -0.05) is 31.0 Å². The molecule has 1 saturated carbocycles. The van der Waals surface area contributed by atoms with Gasteiger partial charge in [0.25, 0.3) is 5.56 Å². The molecule has 0 bridgehead atoms. The van der Waals surface area contributed by atoms with Crippen molar-refractivity contribution >= 4 is 17.0 Å². The van der Waals surface area contributed by atoms with Crippen LogP contribution in [0.5, 0.6) is 0 Å². The highest BCUT2D eigenvalue weighted by Gasteiger charge is 2.26. The van der Waals surface area contributed by atoms with Gasteiger partial charge in [-0.2, -0.15) is 5.10 Å². The van der Waals surface area contributed by atoms with Crippen molar-refractivity contribution in [2.24, 2.45) is 0 Å². The number of ether oxygens (including phenoxy) is 1. The van der Waals surface area contributed by atoms with Gasteiger partial charge in [-0.05, 0) is 31.9 Å². The molecule has 2 heterocycles. The van der Waals surface area contributed by atoms with Gasteiger partial charge in [0, 0.05) is 6.04 Å². The molecule has 28 heavy (non-hydrogen) atoms. The highest BCUT2D eigenvalue weighted by atomic mass is 16.5. The molecule has 4 rings (SSSR count). The first-order valence-corrected chi connectivity index (χ1v) is 9.56. The molecule has 1 aromatic carbocycles. The zero-order valence-electron chi connectivity index (χ0n) is 15.7. The van der Waals surface area contributed by atoms with Crippen LogP contribution in [-0.2, 0) is 16.1 Å². The van der Waals surface area contributed by atoms with Gasteiger partial charge in [-0.25, -0.2) is 9.48 Å². The number of esters is 1. The van der Waals surface area contributed by atoms with Crippen molar-refractivity contribution in [2.45, 2.75) is 45.2 Å². The summed E-state index contributed by atoms with van der Waals surface area (Å²) in [4.78, 5) is 38.6. The fourth-order valence-corrected chi connectivity index (χ4v) is 3.91. The molecule has 0 aliphatic heterocycles. The molecule has 8 nitrogen and oxygen atoms in total. The molecule has 0 radical (unpaired) electrons. The fraction of sp³-hybridized carbons (Fsp3) is 0.400. The summed E-state index contributed by atoms with van der Waals surface area (Å²) in [6, 6.07) is 9.07. The number of rotatable bonds is 5. The molecule has 0 N–H and O–H groups in total. The molecule has 0 amide bonds. The third-order valence-electron chi connectivity index (χ3n) is 5.17. The first kappa shape index (κ1) is 18.2. The zero-order valence-corrected chi connectivity index (χ0v) is 15.7. The normalized spacial score (nSPS) is 14.6. The van der Waals surface area contributed by atoms with Gasteiger partial charge in [0.1, 0.15) is 11.9 Å². The lowest BCUT2D eigenvalue weighted by atomic mass is 10.2. The van der Waals surface area contributed by atoms with E-state index in [4.69, 9.17) is 4.74 Å². The van der Waals surface area contributed by atoms with E-state index in [2.05, 4.69) is 5.10 Å². The van der Waals surface area contributed by atoms with E-state index >= 15 is 0 Å². The number of benzene rings is 1. The van der Waals surface area contributed by atoms with E-state index in [1.54, 1.807) is 6.92 Å². The molecule has 0 spiro atoms. The summed E-state index contributed by atoms with van der Waals surface area (Å²) < 4.78 is 9.19. The van der Waals surface area contributed by atoms with Gasteiger partial charge in [0.2, 0.25) is 0 Å². The van der Waals surface area contributed by atoms with Crippen LogP contribution in [0.4, 0.5) is 0 Å². The molecule has 0 saturated heterocycles. The molecule has 0 atom stereocenters. The van der Waals surface area contributed by atoms with Crippen molar-refractivity contribution in [1.29, 1.82) is 0 Å². The minimum atomic E-state index is -0.525. The number of carbonyl (C=O) groups excluding carboxylic acids is 1. The molecular formula is C20H22N4O4. The van der Waals surface area contributed by atoms with E-state index in [1.165, 1.54) is 20.0 Å². The van der Waals surface area contributed by atoms with Crippen LogP contribution in [0.3, 0.4) is 0 Å². The minimum absolute atomic E-state index is 0.141. The molecule has 3 aromatic rings. The van der Waals surface area contributed by atoms with E-state index in [-0.39, 0.29) is 24.8 Å². The molecule has 146 valence electrons. The highest BCUT2D eigenvalue weighted by Crippen LogP contribution is 2.27. The van der Waals surface area contributed by atoms with Crippen molar-refractivity contribution in [3.8, 4) is 5.69 Å². The molecular weight excluding hydrogens is 360 g/mol. The van der Waals surface area contributed by atoms with E-state index in [0.717, 1.165) is 25.7 Å². The van der Waals surface area contributed by atoms with Crippen molar-refractivity contribution in [3.63, 3.8) is 0 Å². The van der Waals surface area contributed by atoms with Crippen LogP contribution in [0.25, 0.3) is 16.7 Å². The number of hydrogen-bond acceptors (Lipinski definition) is 5. The molecule has 2 aromatic heterocycles. The van der Waals surface area contributed by atoms with Crippen LogP contribution in [-0.4, -0.2) is 31.5 Å². The summed E-state index contributed by atoms with van der Waals surface area (Å²) >= 11 is 0. The Hall–Kier alpha value is -3.16. The maximum atomic E-state index is 13.3. The molecule has 1 aliphatic rings. The van der Waals surface area contributed by atoms with E-state index in [1.807, 2.05) is 30.3 Å². The maximum absolute atomic E-state index is 13.3. The summed E-state index contributed by atoms with van der Waals surface area (Å²) in [5.41, 5.74) is 0.167. The molecule has 1 fully saturated rings. The van der Waals surface area contributed by atoms with Crippen LogP contribution in [0.2, 0.25) is 0 Å². The highest BCUT2D eigenvalue weighted by molar-refractivity contribution is 5.78. The fourth-order valence-electron chi connectivity index (χ4n) is 3.91. The number of para-hydroxylation sites is 1. The Bertz CT molecular complexity index is 1120. The summed E-state index contributed by atoms with van der Waals surface area (Å²) in [6.07, 6.45) is 5.00. The van der Waals surface area contributed by atoms with Crippen molar-refractivity contribution in [1.82, 2.24) is 18.9 Å². The molecule has 0 unspecified atom stereocenters. The average molecular weight is 382 g/mol. The Morgan fingerprint density at radius 2 is 1.89 bits per heavy atom. The van der Waals surface area contributed by atoms with Crippen LogP contribution in [0.15, 0.2) is 46.1 Å². The van der Waals surface area contributed by atoms with Crippen LogP contribution < -0.4 is 11.2 Å². The minimum Gasteiger partial charge on any atom is -0.465 e. The number of aromatic nitrogens is 4. The van der Waals surface area contributed by atoms with Crippen LogP contribution in [0, 0.1) is 0 Å². The number of carbonyl (C=O) groups is 1. The van der Waals surface area contributed by atoms with Gasteiger partial charge < -0.3 is 4.74 Å². The Balaban J connectivity index is 1.99. The van der Waals surface area contributed by atoms with E-state index < -0.39 is 11.7 Å². The second-order valence-electron chi connectivity index (χ2n) is 6.92. The number of hydrogen-bond donors (Lipinski definition) is 0. The summed E-state index contributed by atoms with van der Waals surface area (Å²) in [7, 11) is 0. The second kappa shape index (κ2) is 7.46. The quantitative estimate of drug-likeness (QED) is 0.630. The van der Waals surface area contributed by atoms with Crippen molar-refractivity contribution in [3.05, 3.63) is 57.4 Å². The molecule has 1 aliphatic carbocycles. The Labute approximate surface area is 161 Å². The first-order chi connectivity index (χ1) is 13.6. The van der Waals surface area contributed by atoms with Gasteiger partial charge in [0.05, 0.1) is 18.5 Å². The lowest BCUT2D eigenvalue weighted by Crippen LogP contribution is -2.43. The SMILES string of the molecule is CCOC(=O)Cn1c(=O)n(C2CCCC2)c(=O)c2cnn(-c3ccccc3)c21.